The highest BCUT2D eigenvalue weighted by Crippen LogP contribution is 2.58. The zero-order chi connectivity index (χ0) is 16.1. The van der Waals surface area contributed by atoms with E-state index in [0.717, 1.165) is 19.3 Å². The van der Waals surface area contributed by atoms with Gasteiger partial charge in [0.1, 0.15) is 0 Å². The molecule has 0 aromatic heterocycles. The lowest BCUT2D eigenvalue weighted by atomic mass is 10.1. The van der Waals surface area contributed by atoms with Crippen LogP contribution in [0.3, 0.4) is 0 Å². The highest BCUT2D eigenvalue weighted by molar-refractivity contribution is 8.21. The van der Waals surface area contributed by atoms with E-state index in [4.69, 9.17) is 0 Å². The van der Waals surface area contributed by atoms with E-state index in [1.54, 1.807) is 0 Å². The Kier molecular flexibility index (Phi) is 7.70. The molecule has 1 N–H and O–H groups in total. The Morgan fingerprint density at radius 1 is 1.14 bits per heavy atom. The first-order valence-corrected chi connectivity index (χ1v) is 13.6. The summed E-state index contributed by atoms with van der Waals surface area (Å²) in [5.41, 5.74) is 0. The molecule has 1 unspecified atom stereocenters. The quantitative estimate of drug-likeness (QED) is 0.576. The third kappa shape index (κ3) is 4.92. The van der Waals surface area contributed by atoms with Crippen LogP contribution in [0.4, 0.5) is 0 Å². The van der Waals surface area contributed by atoms with Gasteiger partial charge in [-0.1, -0.05) is 53.6 Å². The van der Waals surface area contributed by atoms with Gasteiger partial charge in [-0.25, -0.2) is 0 Å². The second-order valence-corrected chi connectivity index (χ2v) is 17.4. The fourth-order valence-corrected chi connectivity index (χ4v) is 12.9. The van der Waals surface area contributed by atoms with E-state index in [-0.39, 0.29) is 6.10 Å². The molecule has 1 atom stereocenters. The molecule has 1 aliphatic rings. The van der Waals surface area contributed by atoms with Gasteiger partial charge in [0.05, 0.1) is 17.9 Å². The molecular weight excluding hydrogens is 312 g/mol. The SMILES string of the molecule is CCCCC(O)CCC1([Si](C)(C)C(C)(C)C)SCCCS1. The van der Waals surface area contributed by atoms with Gasteiger partial charge in [0.2, 0.25) is 0 Å². The molecule has 126 valence electrons. The summed E-state index contributed by atoms with van der Waals surface area (Å²) in [6, 6.07) is 0. The molecule has 1 aliphatic heterocycles. The molecule has 1 fully saturated rings. The lowest BCUT2D eigenvalue weighted by Gasteiger charge is -2.53. The molecule has 0 amide bonds. The highest BCUT2D eigenvalue weighted by Gasteiger charge is 2.54. The summed E-state index contributed by atoms with van der Waals surface area (Å²) in [6.07, 6.45) is 6.79. The first-order chi connectivity index (χ1) is 9.66. The standard InChI is InChI=1S/C17H36OS2Si/c1-7-8-10-15(18)11-12-17(19-13-9-14-20-17)21(5,6)16(2,3)4/h15,18H,7-14H2,1-6H3. The fraction of sp³-hybridized carbons (Fsp3) is 1.00. The minimum absolute atomic E-state index is 0.0882. The average Bonchev–Trinajstić information content (AvgIpc) is 2.42. The Morgan fingerprint density at radius 3 is 2.19 bits per heavy atom. The Bertz CT molecular complexity index is 306. The fourth-order valence-electron chi connectivity index (χ4n) is 2.90. The second-order valence-electron chi connectivity index (χ2n) is 8.01. The summed E-state index contributed by atoms with van der Waals surface area (Å²) in [5, 5.41) is 10.7. The minimum Gasteiger partial charge on any atom is -0.393 e. The van der Waals surface area contributed by atoms with Crippen molar-refractivity contribution in [2.75, 3.05) is 11.5 Å². The number of rotatable bonds is 7. The Balaban J connectivity index is 2.80. The Hall–Kier alpha value is 0.877. The third-order valence-electron chi connectivity index (χ3n) is 5.48. The van der Waals surface area contributed by atoms with Crippen LogP contribution in [0.2, 0.25) is 18.1 Å². The number of thioether (sulfide) groups is 2. The van der Waals surface area contributed by atoms with Gasteiger partial charge >= 0.3 is 0 Å². The van der Waals surface area contributed by atoms with E-state index in [0.29, 0.717) is 8.74 Å². The van der Waals surface area contributed by atoms with Crippen molar-refractivity contribution in [2.45, 2.75) is 94.2 Å². The van der Waals surface area contributed by atoms with E-state index in [2.05, 4.69) is 64.3 Å². The van der Waals surface area contributed by atoms with Crippen molar-refractivity contribution >= 4 is 31.6 Å². The van der Waals surface area contributed by atoms with Crippen LogP contribution >= 0.6 is 23.5 Å². The molecule has 0 radical (unpaired) electrons. The van der Waals surface area contributed by atoms with Gasteiger partial charge in [0.25, 0.3) is 0 Å². The van der Waals surface area contributed by atoms with Crippen molar-refractivity contribution in [3.63, 3.8) is 0 Å². The van der Waals surface area contributed by atoms with E-state index in [9.17, 15) is 5.11 Å². The van der Waals surface area contributed by atoms with Gasteiger partial charge in [-0.05, 0) is 42.2 Å². The summed E-state index contributed by atoms with van der Waals surface area (Å²) in [4.78, 5) is 0. The van der Waals surface area contributed by atoms with Gasteiger partial charge in [0.15, 0.2) is 0 Å². The monoisotopic (exact) mass is 348 g/mol. The van der Waals surface area contributed by atoms with Crippen LogP contribution in [0.1, 0.15) is 66.2 Å². The van der Waals surface area contributed by atoms with Crippen molar-refractivity contribution in [3.05, 3.63) is 0 Å². The zero-order valence-electron chi connectivity index (χ0n) is 15.0. The number of hydrogen-bond donors (Lipinski definition) is 1. The van der Waals surface area contributed by atoms with Crippen molar-refractivity contribution in [2.24, 2.45) is 0 Å². The number of aliphatic hydroxyl groups is 1. The van der Waals surface area contributed by atoms with E-state index in [1.807, 2.05) is 0 Å². The molecule has 1 saturated heterocycles. The maximum Gasteiger partial charge on any atom is 0.0835 e. The van der Waals surface area contributed by atoms with Gasteiger partial charge in [-0.15, -0.1) is 23.5 Å². The zero-order valence-corrected chi connectivity index (χ0v) is 17.6. The molecule has 21 heavy (non-hydrogen) atoms. The minimum atomic E-state index is -1.44. The first-order valence-electron chi connectivity index (χ1n) is 8.62. The Labute approximate surface area is 142 Å². The number of unbranched alkanes of at least 4 members (excludes halogenated alkanes) is 1. The predicted molar refractivity (Wildman–Crippen MR) is 104 cm³/mol. The lowest BCUT2D eigenvalue weighted by Crippen LogP contribution is -2.57. The molecule has 0 aromatic carbocycles. The molecule has 4 heteroatoms. The number of aliphatic hydroxyl groups excluding tert-OH is 1. The van der Waals surface area contributed by atoms with Crippen LogP contribution in [0.5, 0.6) is 0 Å². The first kappa shape index (κ1) is 19.9. The van der Waals surface area contributed by atoms with Gasteiger partial charge in [-0.2, -0.15) is 0 Å². The summed E-state index contributed by atoms with van der Waals surface area (Å²) < 4.78 is 0.399. The molecular formula is C17H36OS2Si. The maximum atomic E-state index is 10.3. The lowest BCUT2D eigenvalue weighted by molar-refractivity contribution is 0.149. The second kappa shape index (κ2) is 8.12. The van der Waals surface area contributed by atoms with Crippen LogP contribution in [0.25, 0.3) is 0 Å². The van der Waals surface area contributed by atoms with Crippen molar-refractivity contribution in [1.82, 2.24) is 0 Å². The highest BCUT2D eigenvalue weighted by atomic mass is 32.2. The van der Waals surface area contributed by atoms with E-state index >= 15 is 0 Å². The molecule has 0 aromatic rings. The van der Waals surface area contributed by atoms with Crippen molar-refractivity contribution in [1.29, 1.82) is 0 Å². The Morgan fingerprint density at radius 2 is 1.71 bits per heavy atom. The maximum absolute atomic E-state index is 10.3. The summed E-state index contributed by atoms with van der Waals surface area (Å²) in [6.45, 7) is 14.7. The molecule has 0 spiro atoms. The predicted octanol–water partition coefficient (Wildman–Crippen LogP) is 5.93. The molecule has 1 heterocycles. The summed E-state index contributed by atoms with van der Waals surface area (Å²) in [7, 11) is -1.44. The topological polar surface area (TPSA) is 20.2 Å². The number of hydrogen-bond acceptors (Lipinski definition) is 3. The van der Waals surface area contributed by atoms with Crippen molar-refractivity contribution < 1.29 is 5.11 Å². The molecule has 0 bridgehead atoms. The molecule has 1 rings (SSSR count). The molecule has 1 nitrogen and oxygen atoms in total. The third-order valence-corrected chi connectivity index (χ3v) is 18.3. The van der Waals surface area contributed by atoms with E-state index in [1.165, 1.54) is 30.8 Å². The summed E-state index contributed by atoms with van der Waals surface area (Å²) >= 11 is 4.45. The van der Waals surface area contributed by atoms with Gasteiger partial charge < -0.3 is 5.11 Å². The van der Waals surface area contributed by atoms with Crippen LogP contribution in [0, 0.1) is 0 Å². The largest absolute Gasteiger partial charge is 0.393 e. The van der Waals surface area contributed by atoms with E-state index < -0.39 is 8.07 Å². The van der Waals surface area contributed by atoms with Crippen LogP contribution < -0.4 is 0 Å². The normalized spacial score (nSPS) is 21.3. The average molecular weight is 349 g/mol. The van der Waals surface area contributed by atoms with Crippen LogP contribution in [-0.2, 0) is 0 Å². The molecule has 0 aliphatic carbocycles. The van der Waals surface area contributed by atoms with Crippen LogP contribution in [0.15, 0.2) is 0 Å². The smallest absolute Gasteiger partial charge is 0.0835 e. The van der Waals surface area contributed by atoms with Crippen molar-refractivity contribution in [3.8, 4) is 0 Å². The van der Waals surface area contributed by atoms with Crippen LogP contribution in [-0.4, -0.2) is 34.5 Å². The van der Waals surface area contributed by atoms with Gasteiger partial charge in [-0.3, -0.25) is 0 Å². The summed E-state index contributed by atoms with van der Waals surface area (Å²) in [5.74, 6) is 2.62. The molecule has 0 saturated carbocycles. The van der Waals surface area contributed by atoms with Gasteiger partial charge in [0, 0.05) is 0 Å².